The molecule has 1 aliphatic rings. The molecule has 5 nitrogen and oxygen atoms in total. The van der Waals surface area contributed by atoms with Crippen LogP contribution in [-0.2, 0) is 10.3 Å². The van der Waals surface area contributed by atoms with E-state index in [1.165, 1.54) is 0 Å². The van der Waals surface area contributed by atoms with Crippen LogP contribution in [0.2, 0.25) is 5.02 Å². The zero-order chi connectivity index (χ0) is 22.2. The Hall–Kier alpha value is -3.05. The van der Waals surface area contributed by atoms with Gasteiger partial charge in [-0.3, -0.25) is 4.98 Å². The van der Waals surface area contributed by atoms with E-state index in [1.54, 1.807) is 18.3 Å². The summed E-state index contributed by atoms with van der Waals surface area (Å²) in [6, 6.07) is 17.4. The Bertz CT molecular complexity index is 1110. The Morgan fingerprint density at radius 1 is 1.00 bits per heavy atom. The molecule has 0 spiro atoms. The van der Waals surface area contributed by atoms with E-state index in [1.807, 2.05) is 61.5 Å². The van der Waals surface area contributed by atoms with Crippen LogP contribution in [0.5, 0.6) is 0 Å². The highest BCUT2D eigenvalue weighted by Crippen LogP contribution is 2.48. The average molecular weight is 436 g/mol. The topological polar surface area (TPSA) is 45.7 Å². The Morgan fingerprint density at radius 3 is 2.29 bits per heavy atom. The fraction of sp³-hybridized carbons (Fsp3) is 0.280. The van der Waals surface area contributed by atoms with Crippen LogP contribution in [-0.4, -0.2) is 38.1 Å². The molecule has 4 rings (SSSR count). The predicted octanol–water partition coefficient (Wildman–Crippen LogP) is 5.11. The third-order valence-electron chi connectivity index (χ3n) is 5.86. The van der Waals surface area contributed by atoms with Gasteiger partial charge in [0.05, 0.1) is 10.6 Å². The maximum absolute atomic E-state index is 12.9. The molecule has 0 fully saturated rings. The Labute approximate surface area is 188 Å². The summed E-state index contributed by atoms with van der Waals surface area (Å²) in [4.78, 5) is 21.7. The van der Waals surface area contributed by atoms with Crippen LogP contribution >= 0.6 is 11.6 Å². The van der Waals surface area contributed by atoms with Crippen molar-refractivity contribution in [3.8, 4) is 0 Å². The SMILES string of the molecule is CCN(CC)c1ccc(C2(c3ccc(N(C)C)cc3)OC(=O)c3cccnc32)c(Cl)c1. The lowest BCUT2D eigenvalue weighted by Gasteiger charge is -2.31. The first-order valence-electron chi connectivity index (χ1n) is 10.4. The minimum Gasteiger partial charge on any atom is -0.439 e. The minimum absolute atomic E-state index is 0.399. The predicted molar refractivity (Wildman–Crippen MR) is 125 cm³/mol. The molecule has 1 aliphatic heterocycles. The number of carbonyl (C=O) groups excluding carboxylic acids is 1. The van der Waals surface area contributed by atoms with Crippen LogP contribution in [0.1, 0.15) is 41.0 Å². The number of nitrogens with zero attached hydrogens (tertiary/aromatic N) is 3. The summed E-state index contributed by atoms with van der Waals surface area (Å²) in [5.74, 6) is -0.399. The maximum Gasteiger partial charge on any atom is 0.341 e. The molecule has 2 aromatic carbocycles. The van der Waals surface area contributed by atoms with Gasteiger partial charge in [0.15, 0.2) is 0 Å². The zero-order valence-electron chi connectivity index (χ0n) is 18.2. The van der Waals surface area contributed by atoms with Gasteiger partial charge in [0, 0.05) is 55.9 Å². The van der Waals surface area contributed by atoms with Crippen molar-refractivity contribution in [1.29, 1.82) is 0 Å². The summed E-state index contributed by atoms with van der Waals surface area (Å²) in [7, 11) is 3.97. The highest BCUT2D eigenvalue weighted by molar-refractivity contribution is 6.32. The maximum atomic E-state index is 12.9. The quantitative estimate of drug-likeness (QED) is 0.503. The van der Waals surface area contributed by atoms with Gasteiger partial charge in [-0.05, 0) is 50.2 Å². The lowest BCUT2D eigenvalue weighted by molar-refractivity contribution is 0.0244. The Kier molecular flexibility index (Phi) is 5.63. The van der Waals surface area contributed by atoms with E-state index < -0.39 is 11.6 Å². The summed E-state index contributed by atoms with van der Waals surface area (Å²) in [6.45, 7) is 5.97. The van der Waals surface area contributed by atoms with Gasteiger partial charge in [-0.15, -0.1) is 0 Å². The summed E-state index contributed by atoms with van der Waals surface area (Å²) in [6.07, 6.45) is 1.68. The molecule has 0 radical (unpaired) electrons. The van der Waals surface area contributed by atoms with E-state index in [-0.39, 0.29) is 0 Å². The number of anilines is 2. The van der Waals surface area contributed by atoms with Crippen molar-refractivity contribution in [2.45, 2.75) is 19.4 Å². The second-order valence-corrected chi connectivity index (χ2v) is 8.16. The molecule has 3 aromatic rings. The summed E-state index contributed by atoms with van der Waals surface area (Å²) >= 11 is 6.85. The van der Waals surface area contributed by atoms with Gasteiger partial charge in [-0.2, -0.15) is 0 Å². The first-order chi connectivity index (χ1) is 14.9. The van der Waals surface area contributed by atoms with Crippen molar-refractivity contribution in [2.75, 3.05) is 37.0 Å². The van der Waals surface area contributed by atoms with Crippen LogP contribution in [0.15, 0.2) is 60.8 Å². The van der Waals surface area contributed by atoms with E-state index in [2.05, 4.69) is 23.7 Å². The number of esters is 1. The molecule has 2 heterocycles. The third kappa shape index (κ3) is 3.43. The van der Waals surface area contributed by atoms with Crippen molar-refractivity contribution < 1.29 is 9.53 Å². The lowest BCUT2D eigenvalue weighted by Crippen LogP contribution is -2.31. The van der Waals surface area contributed by atoms with Gasteiger partial charge in [0.25, 0.3) is 0 Å². The van der Waals surface area contributed by atoms with Gasteiger partial charge in [-0.25, -0.2) is 4.79 Å². The van der Waals surface area contributed by atoms with Gasteiger partial charge in [-0.1, -0.05) is 29.8 Å². The van der Waals surface area contributed by atoms with E-state index in [0.717, 1.165) is 30.0 Å². The molecule has 6 heteroatoms. The molecule has 160 valence electrons. The second kappa shape index (κ2) is 8.23. The number of hydrogen-bond acceptors (Lipinski definition) is 5. The largest absolute Gasteiger partial charge is 0.439 e. The Balaban J connectivity index is 1.94. The number of halogens is 1. The van der Waals surface area contributed by atoms with Crippen LogP contribution in [0.25, 0.3) is 0 Å². The van der Waals surface area contributed by atoms with Crippen molar-refractivity contribution in [3.63, 3.8) is 0 Å². The molecule has 0 bridgehead atoms. The molecule has 1 unspecified atom stereocenters. The van der Waals surface area contributed by atoms with E-state index in [4.69, 9.17) is 16.3 Å². The van der Waals surface area contributed by atoms with Gasteiger partial charge in [0.2, 0.25) is 5.60 Å². The van der Waals surface area contributed by atoms with Gasteiger partial charge in [0.1, 0.15) is 5.69 Å². The second-order valence-electron chi connectivity index (χ2n) is 7.75. The molecular weight excluding hydrogens is 410 g/mol. The van der Waals surface area contributed by atoms with Crippen LogP contribution in [0.4, 0.5) is 11.4 Å². The molecule has 0 aliphatic carbocycles. The number of fused-ring (bicyclic) bond motifs is 1. The van der Waals surface area contributed by atoms with Crippen LogP contribution < -0.4 is 9.80 Å². The zero-order valence-corrected chi connectivity index (χ0v) is 19.0. The first kappa shape index (κ1) is 21.2. The lowest BCUT2D eigenvalue weighted by atomic mass is 9.82. The van der Waals surface area contributed by atoms with Crippen LogP contribution in [0, 0.1) is 0 Å². The molecule has 0 saturated carbocycles. The number of cyclic esters (lactones) is 1. The first-order valence-corrected chi connectivity index (χ1v) is 10.8. The highest BCUT2D eigenvalue weighted by Gasteiger charge is 2.51. The number of benzene rings is 2. The van der Waals surface area contributed by atoms with Crippen molar-refractivity contribution in [3.05, 3.63) is 88.2 Å². The summed E-state index contributed by atoms with van der Waals surface area (Å²) < 4.78 is 6.11. The smallest absolute Gasteiger partial charge is 0.341 e. The molecule has 0 saturated heterocycles. The van der Waals surface area contributed by atoms with E-state index >= 15 is 0 Å². The number of rotatable bonds is 6. The standard InChI is InChI=1S/C25H26ClN3O2/c1-5-29(6-2)19-13-14-21(22(26)16-19)25(17-9-11-18(12-10-17)28(3)4)23-20(24(30)31-25)8-7-15-27-23/h7-16H,5-6H2,1-4H3. The third-order valence-corrected chi connectivity index (χ3v) is 6.17. The van der Waals surface area contributed by atoms with Gasteiger partial charge >= 0.3 is 5.97 Å². The monoisotopic (exact) mass is 435 g/mol. The number of pyridine rings is 1. The molecule has 0 N–H and O–H groups in total. The van der Waals surface area contributed by atoms with E-state index in [9.17, 15) is 4.79 Å². The minimum atomic E-state index is -1.20. The molecule has 0 amide bonds. The Morgan fingerprint density at radius 2 is 1.68 bits per heavy atom. The molecule has 1 aromatic heterocycles. The van der Waals surface area contributed by atoms with Crippen molar-refractivity contribution in [2.24, 2.45) is 0 Å². The summed E-state index contributed by atoms with van der Waals surface area (Å²) in [5.41, 5.74) is 3.42. The normalized spacial score (nSPS) is 17.3. The average Bonchev–Trinajstić information content (AvgIpc) is 3.08. The fourth-order valence-corrected chi connectivity index (χ4v) is 4.50. The van der Waals surface area contributed by atoms with Crippen molar-refractivity contribution >= 4 is 28.9 Å². The number of aromatic nitrogens is 1. The number of ether oxygens (including phenoxy) is 1. The molecule has 1 atom stereocenters. The van der Waals surface area contributed by atoms with Crippen LogP contribution in [0.3, 0.4) is 0 Å². The number of carbonyl (C=O) groups is 1. The van der Waals surface area contributed by atoms with E-state index in [0.29, 0.717) is 21.8 Å². The highest BCUT2D eigenvalue weighted by atomic mass is 35.5. The fourth-order valence-electron chi connectivity index (χ4n) is 4.20. The van der Waals surface area contributed by atoms with Gasteiger partial charge < -0.3 is 14.5 Å². The molecule has 31 heavy (non-hydrogen) atoms. The number of hydrogen-bond donors (Lipinski definition) is 0. The molecular formula is C25H26ClN3O2. The summed E-state index contributed by atoms with van der Waals surface area (Å²) in [5, 5.41) is 0.535. The van der Waals surface area contributed by atoms with Crippen molar-refractivity contribution in [1.82, 2.24) is 4.98 Å².